The predicted molar refractivity (Wildman–Crippen MR) is 69.5 cm³/mol. The zero-order valence-electron chi connectivity index (χ0n) is 9.45. The fourth-order valence-electron chi connectivity index (χ4n) is 1.08. The van der Waals surface area contributed by atoms with E-state index in [2.05, 4.69) is 26.7 Å². The summed E-state index contributed by atoms with van der Waals surface area (Å²) >= 11 is 4.36. The summed E-state index contributed by atoms with van der Waals surface area (Å²) in [5, 5.41) is 7.01. The molecule has 0 fully saturated rings. The molecule has 0 radical (unpaired) electrons. The van der Waals surface area contributed by atoms with Crippen LogP contribution in [0.15, 0.2) is 11.5 Å². The highest BCUT2D eigenvalue weighted by molar-refractivity contribution is 7.78. The Hall–Kier alpha value is -0.215. The van der Waals surface area contributed by atoms with E-state index in [1.54, 1.807) is 0 Å². The van der Waals surface area contributed by atoms with Crippen LogP contribution in [0.2, 0.25) is 0 Å². The first-order chi connectivity index (χ1) is 6.56. The number of nitrogens with one attached hydrogen (secondary N) is 1. The fourth-order valence-corrected chi connectivity index (χ4v) is 1.30. The van der Waals surface area contributed by atoms with E-state index >= 15 is 0 Å². The van der Waals surface area contributed by atoms with Gasteiger partial charge >= 0.3 is 0 Å². The molecule has 0 aromatic heterocycles. The van der Waals surface area contributed by atoms with Crippen LogP contribution in [0.3, 0.4) is 0 Å². The van der Waals surface area contributed by atoms with E-state index in [4.69, 9.17) is 5.41 Å². The van der Waals surface area contributed by atoms with Gasteiger partial charge in [-0.15, -0.1) is 12.8 Å². The number of thiol groups is 1. The van der Waals surface area contributed by atoms with Gasteiger partial charge < -0.3 is 5.41 Å². The Morgan fingerprint density at radius 3 is 2.71 bits per heavy atom. The molecule has 0 atom stereocenters. The highest BCUT2D eigenvalue weighted by atomic mass is 32.1. The van der Waals surface area contributed by atoms with E-state index < -0.39 is 0 Å². The van der Waals surface area contributed by atoms with Gasteiger partial charge in [0.25, 0.3) is 0 Å². The first-order valence-corrected chi connectivity index (χ1v) is 5.57. The van der Waals surface area contributed by atoms with E-state index in [9.17, 15) is 0 Å². The van der Waals surface area contributed by atoms with Crippen molar-refractivity contribution in [1.82, 2.24) is 4.22 Å². The first kappa shape index (κ1) is 13.8. The standard InChI is InChI=1S/C10H21BN2S/c1-9(2)5-4-6-13(14)11-7-10(3)8-12/h7-9,11-12,14H,4-6H2,1-3H3/b10-7-,12-8?. The summed E-state index contributed by atoms with van der Waals surface area (Å²) < 4.78 is 2.00. The van der Waals surface area contributed by atoms with Gasteiger partial charge in [-0.05, 0) is 37.8 Å². The molecule has 0 aliphatic carbocycles. The zero-order valence-corrected chi connectivity index (χ0v) is 10.3. The minimum absolute atomic E-state index is 0.774. The van der Waals surface area contributed by atoms with Crippen LogP contribution in [0, 0.1) is 11.3 Å². The molecule has 0 aliphatic rings. The van der Waals surface area contributed by atoms with Gasteiger partial charge in [-0.1, -0.05) is 19.8 Å². The third-order valence-electron chi connectivity index (χ3n) is 2.05. The first-order valence-electron chi connectivity index (χ1n) is 5.17. The summed E-state index contributed by atoms with van der Waals surface area (Å²) in [6.45, 7) is 7.43. The Morgan fingerprint density at radius 1 is 1.57 bits per heavy atom. The third kappa shape index (κ3) is 8.39. The lowest BCUT2D eigenvalue weighted by atomic mass is 9.91. The quantitative estimate of drug-likeness (QED) is 0.378. The molecule has 0 unspecified atom stereocenters. The molecule has 0 spiro atoms. The summed E-state index contributed by atoms with van der Waals surface area (Å²) in [6.07, 6.45) is 3.82. The van der Waals surface area contributed by atoms with E-state index in [-0.39, 0.29) is 0 Å². The van der Waals surface area contributed by atoms with Crippen molar-refractivity contribution in [3.63, 3.8) is 0 Å². The maximum atomic E-state index is 7.01. The van der Waals surface area contributed by atoms with Gasteiger partial charge in [-0.3, -0.25) is 4.22 Å². The zero-order chi connectivity index (χ0) is 11.0. The molecule has 0 heterocycles. The lowest BCUT2D eigenvalue weighted by molar-refractivity contribution is 0.523. The molecule has 0 bridgehead atoms. The Morgan fingerprint density at radius 2 is 2.21 bits per heavy atom. The van der Waals surface area contributed by atoms with Crippen molar-refractivity contribution >= 4 is 26.4 Å². The maximum Gasteiger partial charge on any atom is 0.243 e. The molecule has 14 heavy (non-hydrogen) atoms. The van der Waals surface area contributed by atoms with Crippen molar-refractivity contribution in [1.29, 1.82) is 5.41 Å². The highest BCUT2D eigenvalue weighted by Crippen LogP contribution is 2.05. The molecule has 0 saturated heterocycles. The van der Waals surface area contributed by atoms with Crippen molar-refractivity contribution in [2.75, 3.05) is 6.54 Å². The molecule has 0 aromatic carbocycles. The van der Waals surface area contributed by atoms with Crippen LogP contribution in [0.5, 0.6) is 0 Å². The van der Waals surface area contributed by atoms with Crippen molar-refractivity contribution in [3.05, 3.63) is 11.5 Å². The molecule has 0 amide bonds. The minimum atomic E-state index is 0.774. The topological polar surface area (TPSA) is 27.1 Å². The van der Waals surface area contributed by atoms with Gasteiger partial charge in [-0.25, -0.2) is 0 Å². The summed E-state index contributed by atoms with van der Waals surface area (Å²) in [7, 11) is 0.822. The maximum absolute atomic E-state index is 7.01. The number of hydrogen-bond donors (Lipinski definition) is 2. The van der Waals surface area contributed by atoms with Gasteiger partial charge in [0, 0.05) is 6.21 Å². The summed E-state index contributed by atoms with van der Waals surface area (Å²) in [5.74, 6) is 2.80. The monoisotopic (exact) mass is 212 g/mol. The van der Waals surface area contributed by atoms with E-state index in [1.165, 1.54) is 19.1 Å². The second-order valence-electron chi connectivity index (χ2n) is 4.04. The molecule has 80 valence electrons. The van der Waals surface area contributed by atoms with Crippen LogP contribution in [-0.4, -0.2) is 24.4 Å². The molecular weight excluding hydrogens is 191 g/mol. The molecule has 0 aliphatic heterocycles. The highest BCUT2D eigenvalue weighted by Gasteiger charge is 2.00. The summed E-state index contributed by atoms with van der Waals surface area (Å²) in [4.78, 5) is 0. The average molecular weight is 212 g/mol. The van der Waals surface area contributed by atoms with Crippen molar-refractivity contribution in [2.45, 2.75) is 33.6 Å². The molecule has 0 rings (SSSR count). The van der Waals surface area contributed by atoms with Gasteiger partial charge in [0.15, 0.2) is 0 Å². The molecule has 0 aromatic rings. The van der Waals surface area contributed by atoms with E-state index in [1.807, 2.05) is 17.1 Å². The number of nitrogens with zero attached hydrogens (tertiary/aromatic N) is 1. The Labute approximate surface area is 94.1 Å². The minimum Gasteiger partial charge on any atom is -0.309 e. The van der Waals surface area contributed by atoms with Crippen LogP contribution in [0.4, 0.5) is 0 Å². The summed E-state index contributed by atoms with van der Waals surface area (Å²) in [5.41, 5.74) is 0.993. The largest absolute Gasteiger partial charge is 0.309 e. The fraction of sp³-hybridized carbons (Fsp3) is 0.700. The van der Waals surface area contributed by atoms with Crippen LogP contribution in [0.1, 0.15) is 33.6 Å². The second kappa shape index (κ2) is 8.12. The Bertz CT molecular complexity index is 193. The molecule has 1 N–H and O–H groups in total. The smallest absolute Gasteiger partial charge is 0.243 e. The Balaban J connectivity index is 3.55. The van der Waals surface area contributed by atoms with Crippen LogP contribution < -0.4 is 0 Å². The summed E-state index contributed by atoms with van der Waals surface area (Å²) in [6, 6.07) is 0. The Kier molecular flexibility index (Phi) is 8.00. The molecule has 4 heteroatoms. The van der Waals surface area contributed by atoms with E-state index in [0.29, 0.717) is 0 Å². The van der Waals surface area contributed by atoms with Gasteiger partial charge in [0.1, 0.15) is 0 Å². The molecular formula is C10H21BN2S. The molecule has 2 nitrogen and oxygen atoms in total. The van der Waals surface area contributed by atoms with Crippen LogP contribution >= 0.6 is 12.8 Å². The number of allylic oxidation sites excluding steroid dienone is 1. The lowest BCUT2D eigenvalue weighted by Gasteiger charge is -2.13. The average Bonchev–Trinajstić information content (AvgIpc) is 2.13. The van der Waals surface area contributed by atoms with E-state index in [0.717, 1.165) is 25.5 Å². The second-order valence-corrected chi connectivity index (χ2v) is 4.61. The van der Waals surface area contributed by atoms with Crippen molar-refractivity contribution in [2.24, 2.45) is 5.92 Å². The normalized spacial score (nSPS) is 12.3. The lowest BCUT2D eigenvalue weighted by Crippen LogP contribution is -2.18. The number of rotatable bonds is 7. The SMILES string of the molecule is C/C(C=N)=C/BN(S)CCCC(C)C. The van der Waals surface area contributed by atoms with Crippen molar-refractivity contribution < 1.29 is 0 Å². The van der Waals surface area contributed by atoms with Crippen LogP contribution in [0.25, 0.3) is 0 Å². The molecule has 0 saturated carbocycles. The van der Waals surface area contributed by atoms with Crippen LogP contribution in [-0.2, 0) is 0 Å². The predicted octanol–water partition coefficient (Wildman–Crippen LogP) is 2.47. The third-order valence-corrected chi connectivity index (χ3v) is 2.41. The van der Waals surface area contributed by atoms with Crippen molar-refractivity contribution in [3.8, 4) is 0 Å². The van der Waals surface area contributed by atoms with Gasteiger partial charge in [0.2, 0.25) is 7.41 Å². The van der Waals surface area contributed by atoms with Gasteiger partial charge in [-0.2, -0.15) is 0 Å². The van der Waals surface area contributed by atoms with Gasteiger partial charge in [0.05, 0.1) is 0 Å². The number of hydrogen-bond acceptors (Lipinski definition) is 3.